The molecule has 5 heteroatoms. The smallest absolute Gasteiger partial charge is 0.257 e. The molecule has 4 N–H and O–H groups in total. The van der Waals surface area contributed by atoms with E-state index in [2.05, 4.69) is 0 Å². The highest BCUT2D eigenvalue weighted by Gasteiger charge is 2.24. The van der Waals surface area contributed by atoms with Crippen molar-refractivity contribution in [2.75, 3.05) is 13.1 Å². The Bertz CT molecular complexity index is 434. The molecule has 1 heterocycles. The molecular weight excluding hydrogens is 220 g/mol. The number of hydrogen-bond acceptors (Lipinski definition) is 4. The maximum atomic E-state index is 12.1. The molecule has 1 atom stereocenters. The summed E-state index contributed by atoms with van der Waals surface area (Å²) in [5, 5.41) is 19.0. The van der Waals surface area contributed by atoms with Crippen LogP contribution in [0, 0.1) is 0 Å². The summed E-state index contributed by atoms with van der Waals surface area (Å²) in [6.07, 6.45) is 1.78. The van der Waals surface area contributed by atoms with Gasteiger partial charge < -0.3 is 20.8 Å². The van der Waals surface area contributed by atoms with Gasteiger partial charge in [-0.3, -0.25) is 4.79 Å². The van der Waals surface area contributed by atoms with Crippen molar-refractivity contribution in [3.63, 3.8) is 0 Å². The fourth-order valence-electron chi connectivity index (χ4n) is 2.07. The minimum absolute atomic E-state index is 0.00727. The van der Waals surface area contributed by atoms with Gasteiger partial charge in [-0.2, -0.15) is 0 Å². The van der Waals surface area contributed by atoms with Gasteiger partial charge in [0.25, 0.3) is 5.91 Å². The molecule has 5 nitrogen and oxygen atoms in total. The zero-order chi connectivity index (χ0) is 12.4. The van der Waals surface area contributed by atoms with Crippen molar-refractivity contribution < 1.29 is 15.0 Å². The first-order valence-electron chi connectivity index (χ1n) is 5.65. The van der Waals surface area contributed by atoms with E-state index in [1.165, 1.54) is 18.2 Å². The highest BCUT2D eigenvalue weighted by Crippen LogP contribution is 2.29. The zero-order valence-electron chi connectivity index (χ0n) is 9.47. The van der Waals surface area contributed by atoms with Crippen LogP contribution in [0.5, 0.6) is 11.5 Å². The second kappa shape index (κ2) is 4.63. The molecule has 1 saturated heterocycles. The molecule has 1 amide bonds. The van der Waals surface area contributed by atoms with Crippen molar-refractivity contribution in [2.24, 2.45) is 5.73 Å². The third kappa shape index (κ3) is 2.34. The Hall–Kier alpha value is -1.75. The highest BCUT2D eigenvalue weighted by atomic mass is 16.3. The quantitative estimate of drug-likeness (QED) is 0.625. The van der Waals surface area contributed by atoms with Crippen LogP contribution in [0.15, 0.2) is 18.2 Å². The van der Waals surface area contributed by atoms with Crippen LogP contribution in [-0.4, -0.2) is 40.2 Å². The van der Waals surface area contributed by atoms with Crippen molar-refractivity contribution in [3.8, 4) is 11.5 Å². The third-order valence-electron chi connectivity index (χ3n) is 2.99. The molecule has 1 aliphatic rings. The highest BCUT2D eigenvalue weighted by molar-refractivity contribution is 5.97. The summed E-state index contributed by atoms with van der Waals surface area (Å²) in [6.45, 7) is 1.13. The molecule has 1 unspecified atom stereocenters. The van der Waals surface area contributed by atoms with Gasteiger partial charge in [0.05, 0.1) is 5.56 Å². The number of hydrogen-bond donors (Lipinski definition) is 3. The van der Waals surface area contributed by atoms with Crippen molar-refractivity contribution in [1.82, 2.24) is 4.90 Å². The normalized spacial score (nSPS) is 20.3. The van der Waals surface area contributed by atoms with Gasteiger partial charge in [0, 0.05) is 19.1 Å². The molecule has 0 saturated carbocycles. The first kappa shape index (κ1) is 11.7. The second-order valence-electron chi connectivity index (χ2n) is 4.33. The average molecular weight is 236 g/mol. The standard InChI is InChI=1S/C12H16N2O3/c13-8-3-2-6-14(7-8)12(17)9-4-1-5-10(15)11(9)16/h1,4-5,8,15-16H,2-3,6-7,13H2. The summed E-state index contributed by atoms with van der Waals surface area (Å²) >= 11 is 0. The van der Waals surface area contributed by atoms with Crippen molar-refractivity contribution >= 4 is 5.91 Å². The molecule has 0 aromatic heterocycles. The summed E-state index contributed by atoms with van der Waals surface area (Å²) in [5.74, 6) is -0.928. The Morgan fingerprint density at radius 2 is 2.18 bits per heavy atom. The number of carbonyl (C=O) groups excluding carboxylic acids is 1. The number of benzene rings is 1. The Morgan fingerprint density at radius 1 is 1.41 bits per heavy atom. The zero-order valence-corrected chi connectivity index (χ0v) is 9.47. The Morgan fingerprint density at radius 3 is 2.88 bits per heavy atom. The maximum Gasteiger partial charge on any atom is 0.257 e. The number of carbonyl (C=O) groups is 1. The summed E-state index contributed by atoms with van der Waals surface area (Å²) in [5.41, 5.74) is 5.93. The number of amides is 1. The lowest BCUT2D eigenvalue weighted by Crippen LogP contribution is -2.45. The number of nitrogens with zero attached hydrogens (tertiary/aromatic N) is 1. The molecule has 2 rings (SSSR count). The van der Waals surface area contributed by atoms with Crippen LogP contribution in [0.25, 0.3) is 0 Å². The largest absolute Gasteiger partial charge is 0.504 e. The van der Waals surface area contributed by atoms with Gasteiger partial charge in [-0.1, -0.05) is 6.07 Å². The summed E-state index contributed by atoms with van der Waals surface area (Å²) in [7, 11) is 0. The van der Waals surface area contributed by atoms with Crippen LogP contribution in [0.4, 0.5) is 0 Å². The van der Waals surface area contributed by atoms with Crippen LogP contribution in [-0.2, 0) is 0 Å². The molecule has 1 aromatic carbocycles. The van der Waals surface area contributed by atoms with Gasteiger partial charge in [-0.05, 0) is 25.0 Å². The number of piperidine rings is 1. The molecule has 0 bridgehead atoms. The molecule has 1 aromatic rings. The fourth-order valence-corrected chi connectivity index (χ4v) is 2.07. The first-order valence-corrected chi connectivity index (χ1v) is 5.65. The Balaban J connectivity index is 2.22. The minimum Gasteiger partial charge on any atom is -0.504 e. The fraction of sp³-hybridized carbons (Fsp3) is 0.417. The van der Waals surface area contributed by atoms with Crippen LogP contribution >= 0.6 is 0 Å². The predicted octanol–water partition coefficient (Wildman–Crippen LogP) is 0.661. The number of para-hydroxylation sites is 1. The number of phenols is 2. The van der Waals surface area contributed by atoms with Gasteiger partial charge in [-0.15, -0.1) is 0 Å². The summed E-state index contributed by atoms with van der Waals surface area (Å²) in [6, 6.07) is 4.37. The Labute approximate surface area is 99.5 Å². The monoisotopic (exact) mass is 236 g/mol. The van der Waals surface area contributed by atoms with E-state index < -0.39 is 0 Å². The number of nitrogens with two attached hydrogens (primary N) is 1. The van der Waals surface area contributed by atoms with Crippen molar-refractivity contribution in [3.05, 3.63) is 23.8 Å². The number of rotatable bonds is 1. The van der Waals surface area contributed by atoms with E-state index in [-0.39, 0.29) is 29.0 Å². The summed E-state index contributed by atoms with van der Waals surface area (Å²) < 4.78 is 0. The first-order chi connectivity index (χ1) is 8.09. The predicted molar refractivity (Wildman–Crippen MR) is 62.9 cm³/mol. The maximum absolute atomic E-state index is 12.1. The lowest BCUT2D eigenvalue weighted by molar-refractivity contribution is 0.0705. The van der Waals surface area contributed by atoms with E-state index in [0.717, 1.165) is 12.8 Å². The summed E-state index contributed by atoms with van der Waals surface area (Å²) in [4.78, 5) is 13.7. The molecule has 0 spiro atoms. The van der Waals surface area contributed by atoms with E-state index in [0.29, 0.717) is 13.1 Å². The Kier molecular flexibility index (Phi) is 3.19. The van der Waals surface area contributed by atoms with E-state index in [1.54, 1.807) is 4.90 Å². The number of phenolic OH excluding ortho intramolecular Hbond substituents is 2. The molecule has 0 radical (unpaired) electrons. The lowest BCUT2D eigenvalue weighted by Gasteiger charge is -2.31. The number of aromatic hydroxyl groups is 2. The molecule has 1 aliphatic heterocycles. The third-order valence-corrected chi connectivity index (χ3v) is 2.99. The van der Waals surface area contributed by atoms with E-state index in [9.17, 15) is 15.0 Å². The minimum atomic E-state index is -0.364. The van der Waals surface area contributed by atoms with Crippen LogP contribution in [0.3, 0.4) is 0 Å². The molecule has 92 valence electrons. The molecule has 17 heavy (non-hydrogen) atoms. The van der Waals surface area contributed by atoms with E-state index in [4.69, 9.17) is 5.73 Å². The van der Waals surface area contributed by atoms with Crippen LogP contribution in [0.2, 0.25) is 0 Å². The lowest BCUT2D eigenvalue weighted by atomic mass is 10.0. The van der Waals surface area contributed by atoms with Gasteiger partial charge in [-0.25, -0.2) is 0 Å². The second-order valence-corrected chi connectivity index (χ2v) is 4.33. The van der Waals surface area contributed by atoms with Gasteiger partial charge >= 0.3 is 0 Å². The topological polar surface area (TPSA) is 86.8 Å². The molecular formula is C12H16N2O3. The van der Waals surface area contributed by atoms with Gasteiger partial charge in [0.15, 0.2) is 11.5 Å². The van der Waals surface area contributed by atoms with Gasteiger partial charge in [0.2, 0.25) is 0 Å². The number of likely N-dealkylation sites (tertiary alicyclic amines) is 1. The van der Waals surface area contributed by atoms with Crippen LogP contribution < -0.4 is 5.73 Å². The average Bonchev–Trinajstić information content (AvgIpc) is 2.32. The molecule has 0 aliphatic carbocycles. The van der Waals surface area contributed by atoms with Gasteiger partial charge in [0.1, 0.15) is 0 Å². The van der Waals surface area contributed by atoms with Crippen molar-refractivity contribution in [2.45, 2.75) is 18.9 Å². The SMILES string of the molecule is NC1CCCN(C(=O)c2cccc(O)c2O)C1. The molecule has 1 fully saturated rings. The van der Waals surface area contributed by atoms with Crippen molar-refractivity contribution in [1.29, 1.82) is 0 Å². The van der Waals surface area contributed by atoms with E-state index in [1.807, 2.05) is 0 Å². The van der Waals surface area contributed by atoms with E-state index >= 15 is 0 Å². The van der Waals surface area contributed by atoms with Crippen LogP contribution in [0.1, 0.15) is 23.2 Å².